The first kappa shape index (κ1) is 12.9. The highest BCUT2D eigenvalue weighted by atomic mass is 19.1. The summed E-state index contributed by atoms with van der Waals surface area (Å²) in [6.07, 6.45) is 0.417. The zero-order chi connectivity index (χ0) is 12.2. The van der Waals surface area contributed by atoms with Crippen LogP contribution in [0.4, 0.5) is 4.39 Å². The molecule has 0 aromatic heterocycles. The first-order chi connectivity index (χ1) is 7.57. The van der Waals surface area contributed by atoms with Gasteiger partial charge in [-0.25, -0.2) is 4.39 Å². The summed E-state index contributed by atoms with van der Waals surface area (Å²) < 4.78 is 23.3. The lowest BCUT2D eigenvalue weighted by molar-refractivity contribution is -0.0402. The van der Waals surface area contributed by atoms with Gasteiger partial charge < -0.3 is 14.6 Å². The minimum atomic E-state index is -1.22. The Morgan fingerprint density at radius 1 is 1.38 bits per heavy atom. The van der Waals surface area contributed by atoms with Gasteiger partial charge in [0.2, 0.25) is 0 Å². The van der Waals surface area contributed by atoms with Crippen molar-refractivity contribution in [2.45, 2.75) is 18.9 Å². The van der Waals surface area contributed by atoms with Crippen molar-refractivity contribution >= 4 is 0 Å². The SMILES string of the molecule is CCC(O)(COC)c1cc(F)ccc1OC. The molecule has 1 aromatic rings. The molecule has 0 amide bonds. The molecule has 0 saturated heterocycles. The van der Waals surface area contributed by atoms with Crippen molar-refractivity contribution in [1.82, 2.24) is 0 Å². The normalized spacial score (nSPS) is 14.6. The molecule has 0 fully saturated rings. The van der Waals surface area contributed by atoms with Gasteiger partial charge in [-0.15, -0.1) is 0 Å². The largest absolute Gasteiger partial charge is 0.496 e. The number of aliphatic hydroxyl groups is 1. The summed E-state index contributed by atoms with van der Waals surface area (Å²) >= 11 is 0. The Hall–Kier alpha value is -1.13. The molecule has 1 atom stereocenters. The number of rotatable bonds is 5. The molecule has 0 saturated carbocycles. The van der Waals surface area contributed by atoms with E-state index in [1.54, 1.807) is 0 Å². The third kappa shape index (κ3) is 2.51. The maximum atomic E-state index is 13.2. The van der Waals surface area contributed by atoms with Crippen LogP contribution in [0.5, 0.6) is 5.75 Å². The van der Waals surface area contributed by atoms with E-state index in [1.165, 1.54) is 32.4 Å². The maximum absolute atomic E-state index is 13.2. The second kappa shape index (κ2) is 5.27. The third-order valence-corrected chi connectivity index (χ3v) is 2.63. The summed E-state index contributed by atoms with van der Waals surface area (Å²) in [6, 6.07) is 4.08. The third-order valence-electron chi connectivity index (χ3n) is 2.63. The molecule has 1 rings (SSSR count). The van der Waals surface area contributed by atoms with Crippen molar-refractivity contribution in [3.63, 3.8) is 0 Å². The minimum Gasteiger partial charge on any atom is -0.496 e. The van der Waals surface area contributed by atoms with E-state index in [9.17, 15) is 9.50 Å². The molecule has 1 unspecified atom stereocenters. The predicted molar refractivity (Wildman–Crippen MR) is 59.0 cm³/mol. The van der Waals surface area contributed by atoms with Gasteiger partial charge in [0.1, 0.15) is 17.2 Å². The van der Waals surface area contributed by atoms with Gasteiger partial charge >= 0.3 is 0 Å². The van der Waals surface area contributed by atoms with E-state index in [4.69, 9.17) is 9.47 Å². The summed E-state index contributed by atoms with van der Waals surface area (Å²) in [5, 5.41) is 10.4. The van der Waals surface area contributed by atoms with Crippen LogP contribution < -0.4 is 4.74 Å². The summed E-state index contributed by atoms with van der Waals surface area (Å²) in [4.78, 5) is 0. The predicted octanol–water partition coefficient (Wildman–Crippen LogP) is 2.08. The molecule has 0 spiro atoms. The van der Waals surface area contributed by atoms with E-state index in [0.29, 0.717) is 17.7 Å². The summed E-state index contributed by atoms with van der Waals surface area (Å²) in [5.74, 6) is 0.0570. The topological polar surface area (TPSA) is 38.7 Å². The number of hydrogen-bond donors (Lipinski definition) is 1. The Kier molecular flexibility index (Phi) is 4.26. The highest BCUT2D eigenvalue weighted by molar-refractivity contribution is 5.38. The molecule has 90 valence electrons. The number of halogens is 1. The van der Waals surface area contributed by atoms with Crippen molar-refractivity contribution in [1.29, 1.82) is 0 Å². The fraction of sp³-hybridized carbons (Fsp3) is 0.500. The second-order valence-corrected chi connectivity index (χ2v) is 3.66. The van der Waals surface area contributed by atoms with Crippen LogP contribution >= 0.6 is 0 Å². The van der Waals surface area contributed by atoms with Crippen LogP contribution in [-0.4, -0.2) is 25.9 Å². The zero-order valence-electron chi connectivity index (χ0n) is 9.79. The average molecular weight is 228 g/mol. The smallest absolute Gasteiger partial charge is 0.125 e. The molecule has 0 aliphatic rings. The molecule has 4 heteroatoms. The molecule has 0 aliphatic carbocycles. The van der Waals surface area contributed by atoms with E-state index in [-0.39, 0.29) is 6.61 Å². The molecule has 1 aromatic carbocycles. The number of ether oxygens (including phenoxy) is 2. The van der Waals surface area contributed by atoms with Gasteiger partial charge in [-0.05, 0) is 24.6 Å². The lowest BCUT2D eigenvalue weighted by atomic mass is 9.91. The van der Waals surface area contributed by atoms with Crippen LogP contribution in [-0.2, 0) is 10.3 Å². The van der Waals surface area contributed by atoms with Crippen LogP contribution in [0, 0.1) is 5.82 Å². The monoisotopic (exact) mass is 228 g/mol. The molecule has 1 N–H and O–H groups in total. The van der Waals surface area contributed by atoms with Crippen LogP contribution in [0.15, 0.2) is 18.2 Å². The molecule has 16 heavy (non-hydrogen) atoms. The number of hydrogen-bond acceptors (Lipinski definition) is 3. The van der Waals surface area contributed by atoms with Crippen molar-refractivity contribution in [3.8, 4) is 5.75 Å². The van der Waals surface area contributed by atoms with E-state index in [2.05, 4.69) is 0 Å². The molecular weight excluding hydrogens is 211 g/mol. The maximum Gasteiger partial charge on any atom is 0.125 e. The standard InChI is InChI=1S/C12H17FO3/c1-4-12(14,8-15-2)10-7-9(13)5-6-11(10)16-3/h5-7,14H,4,8H2,1-3H3. The van der Waals surface area contributed by atoms with Crippen molar-refractivity contribution in [3.05, 3.63) is 29.6 Å². The van der Waals surface area contributed by atoms with Crippen molar-refractivity contribution in [2.75, 3.05) is 20.8 Å². The van der Waals surface area contributed by atoms with Gasteiger partial charge in [-0.3, -0.25) is 0 Å². The minimum absolute atomic E-state index is 0.101. The molecule has 0 heterocycles. The van der Waals surface area contributed by atoms with Gasteiger partial charge in [0.15, 0.2) is 0 Å². The molecule has 0 bridgehead atoms. The first-order valence-corrected chi connectivity index (χ1v) is 5.12. The zero-order valence-corrected chi connectivity index (χ0v) is 9.79. The number of benzene rings is 1. The Morgan fingerprint density at radius 2 is 2.06 bits per heavy atom. The second-order valence-electron chi connectivity index (χ2n) is 3.66. The fourth-order valence-electron chi connectivity index (χ4n) is 1.65. The van der Waals surface area contributed by atoms with Gasteiger partial charge in [0.05, 0.1) is 13.7 Å². The van der Waals surface area contributed by atoms with Crippen LogP contribution in [0.1, 0.15) is 18.9 Å². The van der Waals surface area contributed by atoms with Crippen LogP contribution in [0.3, 0.4) is 0 Å². The Labute approximate surface area is 94.8 Å². The van der Waals surface area contributed by atoms with E-state index < -0.39 is 11.4 Å². The van der Waals surface area contributed by atoms with Crippen LogP contribution in [0.25, 0.3) is 0 Å². The van der Waals surface area contributed by atoms with E-state index >= 15 is 0 Å². The Balaban J connectivity index is 3.21. The highest BCUT2D eigenvalue weighted by Crippen LogP contribution is 2.33. The summed E-state index contributed by atoms with van der Waals surface area (Å²) in [7, 11) is 2.98. The first-order valence-electron chi connectivity index (χ1n) is 5.12. The molecular formula is C12H17FO3. The Morgan fingerprint density at radius 3 is 2.56 bits per heavy atom. The van der Waals surface area contributed by atoms with Gasteiger partial charge in [-0.1, -0.05) is 6.92 Å². The fourth-order valence-corrected chi connectivity index (χ4v) is 1.65. The van der Waals surface area contributed by atoms with E-state index in [0.717, 1.165) is 0 Å². The van der Waals surface area contributed by atoms with Crippen molar-refractivity contribution < 1.29 is 19.0 Å². The lowest BCUT2D eigenvalue weighted by Crippen LogP contribution is -2.31. The molecule has 0 aliphatic heterocycles. The quantitative estimate of drug-likeness (QED) is 0.838. The average Bonchev–Trinajstić information content (AvgIpc) is 2.29. The summed E-state index contributed by atoms with van der Waals surface area (Å²) in [6.45, 7) is 1.91. The summed E-state index contributed by atoms with van der Waals surface area (Å²) in [5.41, 5.74) is -0.804. The van der Waals surface area contributed by atoms with Gasteiger partial charge in [0.25, 0.3) is 0 Å². The molecule has 0 radical (unpaired) electrons. The number of methoxy groups -OCH3 is 2. The van der Waals surface area contributed by atoms with Crippen LogP contribution in [0.2, 0.25) is 0 Å². The van der Waals surface area contributed by atoms with E-state index in [1.807, 2.05) is 6.92 Å². The lowest BCUT2D eigenvalue weighted by Gasteiger charge is -2.28. The highest BCUT2D eigenvalue weighted by Gasteiger charge is 2.30. The molecule has 3 nitrogen and oxygen atoms in total. The van der Waals surface area contributed by atoms with Gasteiger partial charge in [-0.2, -0.15) is 0 Å². The Bertz CT molecular complexity index is 354. The van der Waals surface area contributed by atoms with Crippen molar-refractivity contribution in [2.24, 2.45) is 0 Å². The van der Waals surface area contributed by atoms with Gasteiger partial charge in [0, 0.05) is 12.7 Å².